The van der Waals surface area contributed by atoms with Gasteiger partial charge >= 0.3 is 6.18 Å². The summed E-state index contributed by atoms with van der Waals surface area (Å²) in [5.74, 6) is -0.932. The van der Waals surface area contributed by atoms with Crippen LogP contribution in [-0.4, -0.2) is 18.0 Å². The van der Waals surface area contributed by atoms with Gasteiger partial charge in [0.1, 0.15) is 0 Å². The summed E-state index contributed by atoms with van der Waals surface area (Å²) >= 11 is 0. The van der Waals surface area contributed by atoms with E-state index in [2.05, 4.69) is 5.32 Å². The average Bonchev–Trinajstić information content (AvgIpc) is 2.61. The van der Waals surface area contributed by atoms with Crippen molar-refractivity contribution in [1.29, 1.82) is 0 Å². The molecule has 0 radical (unpaired) electrons. The van der Waals surface area contributed by atoms with Gasteiger partial charge in [0.15, 0.2) is 11.8 Å². The molecule has 1 aliphatic rings. The molecule has 0 amide bonds. The predicted octanol–water partition coefficient (Wildman–Crippen LogP) is 2.13. The highest BCUT2D eigenvalue weighted by Crippen LogP contribution is 2.29. The Morgan fingerprint density at radius 1 is 1.12 bits per heavy atom. The molecular weight excluding hydrogens is 219 g/mol. The lowest BCUT2D eigenvalue weighted by atomic mass is 10.0. The smallest absolute Gasteiger partial charge is 0.373 e. The van der Waals surface area contributed by atoms with Gasteiger partial charge in [-0.05, 0) is 5.56 Å². The molecule has 5 heteroatoms. The SMILES string of the molecule is O=C1C(c2ccccc2)=CN[C@@H]1C(F)(F)F. The number of Topliss-reactive ketones (excluding diaryl/α,β-unsaturated/α-hetero) is 1. The first-order chi connectivity index (χ1) is 7.50. The highest BCUT2D eigenvalue weighted by molar-refractivity contribution is 6.25. The van der Waals surface area contributed by atoms with E-state index in [-0.39, 0.29) is 5.57 Å². The van der Waals surface area contributed by atoms with Gasteiger partial charge < -0.3 is 5.32 Å². The average molecular weight is 227 g/mol. The van der Waals surface area contributed by atoms with Gasteiger partial charge in [0, 0.05) is 11.8 Å². The molecule has 1 N–H and O–H groups in total. The molecule has 1 aromatic rings. The Kier molecular flexibility index (Phi) is 2.46. The normalized spacial score (nSPS) is 20.6. The van der Waals surface area contributed by atoms with E-state index in [0.29, 0.717) is 5.56 Å². The monoisotopic (exact) mass is 227 g/mol. The molecule has 1 heterocycles. The highest BCUT2D eigenvalue weighted by atomic mass is 19.4. The number of carbonyl (C=O) groups is 1. The molecule has 0 bridgehead atoms. The van der Waals surface area contributed by atoms with E-state index < -0.39 is 18.0 Å². The zero-order valence-electron chi connectivity index (χ0n) is 8.08. The lowest BCUT2D eigenvalue weighted by Crippen LogP contribution is -2.42. The largest absolute Gasteiger partial charge is 0.416 e. The molecule has 1 aromatic carbocycles. The number of hydrogen-bond donors (Lipinski definition) is 1. The second-order valence-electron chi connectivity index (χ2n) is 3.43. The van der Waals surface area contributed by atoms with Crippen molar-refractivity contribution in [3.63, 3.8) is 0 Å². The van der Waals surface area contributed by atoms with Gasteiger partial charge in [-0.2, -0.15) is 13.2 Å². The summed E-state index contributed by atoms with van der Waals surface area (Å²) in [5.41, 5.74) is 0.565. The third-order valence-corrected chi connectivity index (χ3v) is 2.33. The summed E-state index contributed by atoms with van der Waals surface area (Å²) in [6, 6.07) is 6.17. The summed E-state index contributed by atoms with van der Waals surface area (Å²) in [6.07, 6.45) is -3.43. The Bertz CT molecular complexity index is 436. The van der Waals surface area contributed by atoms with Gasteiger partial charge in [0.2, 0.25) is 0 Å². The van der Waals surface area contributed by atoms with E-state index in [9.17, 15) is 18.0 Å². The van der Waals surface area contributed by atoms with Crippen molar-refractivity contribution in [1.82, 2.24) is 5.32 Å². The van der Waals surface area contributed by atoms with Gasteiger partial charge in [-0.1, -0.05) is 30.3 Å². The van der Waals surface area contributed by atoms with Gasteiger partial charge in [-0.15, -0.1) is 0 Å². The lowest BCUT2D eigenvalue weighted by molar-refractivity contribution is -0.160. The molecule has 1 atom stereocenters. The van der Waals surface area contributed by atoms with Crippen LogP contribution in [0.4, 0.5) is 13.2 Å². The fourth-order valence-corrected chi connectivity index (χ4v) is 1.56. The highest BCUT2D eigenvalue weighted by Gasteiger charge is 2.48. The van der Waals surface area contributed by atoms with Crippen LogP contribution < -0.4 is 5.32 Å². The Balaban J connectivity index is 2.26. The van der Waals surface area contributed by atoms with Gasteiger partial charge in [-0.25, -0.2) is 0 Å². The maximum absolute atomic E-state index is 12.4. The van der Waals surface area contributed by atoms with E-state index in [1.807, 2.05) is 0 Å². The Morgan fingerprint density at radius 2 is 1.75 bits per heavy atom. The minimum absolute atomic E-state index is 0.0722. The summed E-state index contributed by atoms with van der Waals surface area (Å²) < 4.78 is 37.2. The second kappa shape index (κ2) is 3.66. The number of carbonyl (C=O) groups excluding carboxylic acids is 1. The van der Waals surface area contributed by atoms with Gasteiger partial charge in [0.25, 0.3) is 0 Å². The molecule has 0 saturated heterocycles. The van der Waals surface area contributed by atoms with Crippen LogP contribution in [0.25, 0.3) is 5.57 Å². The molecular formula is C11H8F3NO. The number of rotatable bonds is 1. The fourth-order valence-electron chi connectivity index (χ4n) is 1.56. The molecule has 0 unspecified atom stereocenters. The molecule has 0 spiro atoms. The molecule has 0 aliphatic carbocycles. The van der Waals surface area contributed by atoms with E-state index in [1.165, 1.54) is 0 Å². The maximum Gasteiger partial charge on any atom is 0.416 e. The van der Waals surface area contributed by atoms with Gasteiger partial charge in [0.05, 0.1) is 0 Å². The van der Waals surface area contributed by atoms with Crippen LogP contribution in [0.5, 0.6) is 0 Å². The van der Waals surface area contributed by atoms with Crippen molar-refractivity contribution in [3.05, 3.63) is 42.1 Å². The zero-order valence-corrected chi connectivity index (χ0v) is 8.08. The van der Waals surface area contributed by atoms with Crippen molar-refractivity contribution < 1.29 is 18.0 Å². The molecule has 0 fully saturated rings. The number of hydrogen-bond acceptors (Lipinski definition) is 2. The quantitative estimate of drug-likeness (QED) is 0.796. The van der Waals surface area contributed by atoms with E-state index >= 15 is 0 Å². The first-order valence-electron chi connectivity index (χ1n) is 4.63. The Morgan fingerprint density at radius 3 is 2.25 bits per heavy atom. The summed E-state index contributed by atoms with van der Waals surface area (Å²) in [4.78, 5) is 11.5. The van der Waals surface area contributed by atoms with Crippen LogP contribution in [0.1, 0.15) is 5.56 Å². The van der Waals surface area contributed by atoms with E-state index in [1.54, 1.807) is 30.3 Å². The number of alkyl halides is 3. The fraction of sp³-hybridized carbons (Fsp3) is 0.182. The number of benzene rings is 1. The van der Waals surface area contributed by atoms with Gasteiger partial charge in [-0.3, -0.25) is 4.79 Å². The first kappa shape index (κ1) is 10.7. The lowest BCUT2D eigenvalue weighted by Gasteiger charge is -2.13. The van der Waals surface area contributed by atoms with E-state index in [0.717, 1.165) is 6.20 Å². The molecule has 84 valence electrons. The molecule has 0 saturated carbocycles. The van der Waals surface area contributed by atoms with Crippen LogP contribution >= 0.6 is 0 Å². The molecule has 16 heavy (non-hydrogen) atoms. The second-order valence-corrected chi connectivity index (χ2v) is 3.43. The van der Waals surface area contributed by atoms with Crippen molar-refractivity contribution in [2.75, 3.05) is 0 Å². The first-order valence-corrected chi connectivity index (χ1v) is 4.63. The topological polar surface area (TPSA) is 29.1 Å². The minimum Gasteiger partial charge on any atom is -0.373 e. The van der Waals surface area contributed by atoms with Crippen LogP contribution in [0.15, 0.2) is 36.5 Å². The van der Waals surface area contributed by atoms with Crippen LogP contribution in [0.3, 0.4) is 0 Å². The summed E-state index contributed by atoms with van der Waals surface area (Å²) in [7, 11) is 0. The number of ketones is 1. The van der Waals surface area contributed by atoms with E-state index in [4.69, 9.17) is 0 Å². The molecule has 2 nitrogen and oxygen atoms in total. The third kappa shape index (κ3) is 1.80. The molecule has 2 rings (SSSR count). The molecule has 0 aromatic heterocycles. The Labute approximate surface area is 89.8 Å². The maximum atomic E-state index is 12.4. The van der Waals surface area contributed by atoms with Crippen LogP contribution in [0.2, 0.25) is 0 Å². The minimum atomic E-state index is -4.55. The number of halogens is 3. The predicted molar refractivity (Wildman–Crippen MR) is 52.4 cm³/mol. The van der Waals surface area contributed by atoms with Crippen molar-refractivity contribution in [3.8, 4) is 0 Å². The summed E-state index contributed by atoms with van der Waals surface area (Å²) in [6.45, 7) is 0. The standard InChI is InChI=1S/C11H8F3NO/c12-11(13,14)10-9(16)8(6-15-10)7-4-2-1-3-5-7/h1-6,10,15H/t10-/m0/s1. The Hall–Kier alpha value is -1.78. The zero-order chi connectivity index (χ0) is 11.8. The third-order valence-electron chi connectivity index (χ3n) is 2.33. The van der Waals surface area contributed by atoms with Crippen LogP contribution in [0, 0.1) is 0 Å². The van der Waals surface area contributed by atoms with Crippen molar-refractivity contribution in [2.24, 2.45) is 0 Å². The summed E-state index contributed by atoms with van der Waals surface area (Å²) in [5, 5.41) is 2.06. The van der Waals surface area contributed by atoms with Crippen LogP contribution in [-0.2, 0) is 4.79 Å². The van der Waals surface area contributed by atoms with Crippen molar-refractivity contribution in [2.45, 2.75) is 12.2 Å². The number of nitrogens with one attached hydrogen (secondary N) is 1. The van der Waals surface area contributed by atoms with Crippen molar-refractivity contribution >= 4 is 11.4 Å². The molecule has 1 aliphatic heterocycles.